The predicted molar refractivity (Wildman–Crippen MR) is 179 cm³/mol. The highest BCUT2D eigenvalue weighted by molar-refractivity contribution is 7.07. The number of nitrogens with one attached hydrogen (secondary N) is 1. The van der Waals surface area contributed by atoms with E-state index in [1.165, 1.54) is 11.3 Å². The molecule has 6 rings (SSSR count). The standard InChI is InChI=1S/C35H27Cl2N3O4S/c1-21-31(33(41)39-26-11-4-3-5-12-26)32(22-10-8-13-27(18-22)43-2)40-34(42)30(45-35(40)38-21)19-24-17-25(36)15-16-29(24)44-20-23-9-6-7-14-28(23)37/h3-19,32H,20H2,1-2H3,(H,39,41)/b30-19-/t32-/m0/s1. The molecule has 0 radical (unpaired) electrons. The Morgan fingerprint density at radius 3 is 2.56 bits per heavy atom. The molecule has 1 atom stereocenters. The molecule has 0 fully saturated rings. The number of anilines is 1. The number of carbonyl (C=O) groups excluding carboxylic acids is 1. The second-order valence-electron chi connectivity index (χ2n) is 10.2. The fourth-order valence-corrected chi connectivity index (χ4v) is 6.54. The average Bonchev–Trinajstić information content (AvgIpc) is 3.34. The number of hydrogen-bond donors (Lipinski definition) is 1. The van der Waals surface area contributed by atoms with Gasteiger partial charge in [0.25, 0.3) is 11.5 Å². The Kier molecular flexibility index (Phi) is 8.89. The number of allylic oxidation sites excluding steroid dienone is 1. The Balaban J connectivity index is 1.46. The molecule has 4 aromatic carbocycles. The summed E-state index contributed by atoms with van der Waals surface area (Å²) in [6.45, 7) is 2.01. The lowest BCUT2D eigenvalue weighted by Crippen LogP contribution is -2.40. The van der Waals surface area contributed by atoms with E-state index in [0.717, 1.165) is 5.56 Å². The van der Waals surface area contributed by atoms with Gasteiger partial charge in [-0.2, -0.15) is 0 Å². The number of hydrogen-bond acceptors (Lipinski definition) is 6. The zero-order valence-corrected chi connectivity index (χ0v) is 26.6. The van der Waals surface area contributed by atoms with Gasteiger partial charge in [0.15, 0.2) is 4.80 Å². The molecule has 1 amide bonds. The molecule has 0 bridgehead atoms. The molecular weight excluding hydrogens is 629 g/mol. The zero-order chi connectivity index (χ0) is 31.5. The van der Waals surface area contributed by atoms with Crippen LogP contribution in [0.25, 0.3) is 6.08 Å². The number of aromatic nitrogens is 1. The second-order valence-corrected chi connectivity index (χ2v) is 12.1. The van der Waals surface area contributed by atoms with Gasteiger partial charge in [0.1, 0.15) is 18.1 Å². The molecule has 0 aliphatic carbocycles. The normalized spacial score (nSPS) is 14.5. The monoisotopic (exact) mass is 655 g/mol. The van der Waals surface area contributed by atoms with Crippen LogP contribution >= 0.6 is 34.5 Å². The highest BCUT2D eigenvalue weighted by Gasteiger charge is 2.33. The summed E-state index contributed by atoms with van der Waals surface area (Å²) in [6.07, 6.45) is 1.74. The third-order valence-corrected chi connectivity index (χ3v) is 8.89. The van der Waals surface area contributed by atoms with Crippen LogP contribution in [0, 0.1) is 0 Å². The van der Waals surface area contributed by atoms with Crippen LogP contribution in [0.15, 0.2) is 118 Å². The minimum atomic E-state index is -0.752. The van der Waals surface area contributed by atoms with Crippen molar-refractivity contribution in [1.29, 1.82) is 0 Å². The number of para-hydroxylation sites is 1. The van der Waals surface area contributed by atoms with Gasteiger partial charge < -0.3 is 14.8 Å². The quantitative estimate of drug-likeness (QED) is 0.200. The summed E-state index contributed by atoms with van der Waals surface area (Å²) in [5.74, 6) is 0.787. The summed E-state index contributed by atoms with van der Waals surface area (Å²) < 4.78 is 13.6. The van der Waals surface area contributed by atoms with Gasteiger partial charge in [0.2, 0.25) is 0 Å². The van der Waals surface area contributed by atoms with Crippen molar-refractivity contribution in [3.05, 3.63) is 155 Å². The summed E-state index contributed by atoms with van der Waals surface area (Å²) in [6, 6.07) is 28.4. The third-order valence-electron chi connectivity index (χ3n) is 7.31. The molecule has 226 valence electrons. The number of halogens is 2. The fraction of sp³-hybridized carbons (Fsp3) is 0.114. The summed E-state index contributed by atoms with van der Waals surface area (Å²) in [5.41, 5.74) is 3.36. The zero-order valence-electron chi connectivity index (χ0n) is 24.3. The van der Waals surface area contributed by atoms with E-state index < -0.39 is 6.04 Å². The molecule has 2 heterocycles. The first-order valence-corrected chi connectivity index (χ1v) is 15.6. The number of carbonyl (C=O) groups is 1. The number of ether oxygens (including phenoxy) is 2. The van der Waals surface area contributed by atoms with Crippen molar-refractivity contribution < 1.29 is 14.3 Å². The Morgan fingerprint density at radius 1 is 1.00 bits per heavy atom. The molecule has 0 saturated carbocycles. The van der Waals surface area contributed by atoms with Crippen molar-refractivity contribution in [2.75, 3.05) is 12.4 Å². The maximum Gasteiger partial charge on any atom is 0.271 e. The topological polar surface area (TPSA) is 81.9 Å². The van der Waals surface area contributed by atoms with Crippen molar-refractivity contribution >= 4 is 52.2 Å². The smallest absolute Gasteiger partial charge is 0.271 e. The largest absolute Gasteiger partial charge is 0.497 e. The van der Waals surface area contributed by atoms with Crippen LogP contribution < -0.4 is 29.7 Å². The van der Waals surface area contributed by atoms with E-state index in [0.29, 0.717) is 59.0 Å². The minimum Gasteiger partial charge on any atom is -0.497 e. The van der Waals surface area contributed by atoms with Gasteiger partial charge in [-0.05, 0) is 67.1 Å². The van der Waals surface area contributed by atoms with Crippen molar-refractivity contribution in [2.45, 2.75) is 19.6 Å². The van der Waals surface area contributed by atoms with Crippen LogP contribution in [-0.2, 0) is 11.4 Å². The molecule has 10 heteroatoms. The van der Waals surface area contributed by atoms with Gasteiger partial charge in [-0.15, -0.1) is 0 Å². The molecule has 0 spiro atoms. The van der Waals surface area contributed by atoms with E-state index in [4.69, 9.17) is 37.7 Å². The highest BCUT2D eigenvalue weighted by Crippen LogP contribution is 2.33. The molecule has 45 heavy (non-hydrogen) atoms. The minimum absolute atomic E-state index is 0.234. The van der Waals surface area contributed by atoms with Gasteiger partial charge in [-0.3, -0.25) is 14.2 Å². The first-order valence-electron chi connectivity index (χ1n) is 14.0. The van der Waals surface area contributed by atoms with Gasteiger partial charge >= 0.3 is 0 Å². The van der Waals surface area contributed by atoms with Gasteiger partial charge in [-0.25, -0.2) is 4.99 Å². The van der Waals surface area contributed by atoms with Gasteiger partial charge in [-0.1, -0.05) is 83.1 Å². The molecule has 7 nitrogen and oxygen atoms in total. The lowest BCUT2D eigenvalue weighted by Gasteiger charge is -2.25. The average molecular weight is 657 g/mol. The van der Waals surface area contributed by atoms with E-state index in [1.807, 2.05) is 60.7 Å². The van der Waals surface area contributed by atoms with Crippen LogP contribution in [-0.4, -0.2) is 17.6 Å². The Morgan fingerprint density at radius 2 is 1.78 bits per heavy atom. The number of benzene rings is 4. The summed E-state index contributed by atoms with van der Waals surface area (Å²) in [5, 5.41) is 4.05. The number of amides is 1. The van der Waals surface area contributed by atoms with Crippen molar-refractivity contribution in [3.63, 3.8) is 0 Å². The first-order chi connectivity index (χ1) is 21.8. The van der Waals surface area contributed by atoms with E-state index in [2.05, 4.69) is 5.32 Å². The maximum atomic E-state index is 14.2. The Bertz CT molecular complexity index is 2120. The Hall–Kier alpha value is -4.63. The molecule has 5 aromatic rings. The number of rotatable bonds is 8. The molecule has 1 N–H and O–H groups in total. The fourth-order valence-electron chi connectivity index (χ4n) is 5.13. The van der Waals surface area contributed by atoms with Crippen LogP contribution in [0.2, 0.25) is 10.0 Å². The SMILES string of the molecule is COc1cccc([C@H]2C(C(=O)Nc3ccccc3)=C(C)N=c3s/c(=C\c4cc(Cl)ccc4OCc4ccccc4Cl)c(=O)n32)c1. The van der Waals surface area contributed by atoms with Crippen LogP contribution in [0.5, 0.6) is 11.5 Å². The van der Waals surface area contributed by atoms with Crippen LogP contribution in [0.1, 0.15) is 29.7 Å². The number of fused-ring (bicyclic) bond motifs is 1. The summed E-state index contributed by atoms with van der Waals surface area (Å²) >= 11 is 13.9. The molecule has 0 saturated heterocycles. The molecule has 1 aromatic heterocycles. The first kappa shape index (κ1) is 30.4. The molecule has 1 aliphatic heterocycles. The van der Waals surface area contributed by atoms with Gasteiger partial charge in [0, 0.05) is 26.9 Å². The lowest BCUT2D eigenvalue weighted by molar-refractivity contribution is -0.113. The van der Waals surface area contributed by atoms with E-state index in [1.54, 1.807) is 61.1 Å². The summed E-state index contributed by atoms with van der Waals surface area (Å²) in [7, 11) is 1.57. The van der Waals surface area contributed by atoms with Crippen LogP contribution in [0.4, 0.5) is 5.69 Å². The van der Waals surface area contributed by atoms with Crippen molar-refractivity contribution in [3.8, 4) is 11.5 Å². The molecule has 1 aliphatic rings. The van der Waals surface area contributed by atoms with Gasteiger partial charge in [0.05, 0.1) is 29.0 Å². The lowest BCUT2D eigenvalue weighted by atomic mass is 9.95. The van der Waals surface area contributed by atoms with E-state index >= 15 is 0 Å². The second kappa shape index (κ2) is 13.2. The molecule has 0 unspecified atom stereocenters. The maximum absolute atomic E-state index is 14.2. The third kappa shape index (κ3) is 6.44. The Labute approximate surface area is 273 Å². The van der Waals surface area contributed by atoms with E-state index in [-0.39, 0.29) is 18.1 Å². The molecular formula is C35H27Cl2N3O4S. The van der Waals surface area contributed by atoms with E-state index in [9.17, 15) is 9.59 Å². The van der Waals surface area contributed by atoms with Crippen molar-refractivity contribution in [1.82, 2.24) is 4.57 Å². The van der Waals surface area contributed by atoms with Crippen LogP contribution in [0.3, 0.4) is 0 Å². The van der Waals surface area contributed by atoms with Crippen molar-refractivity contribution in [2.24, 2.45) is 4.99 Å². The number of methoxy groups -OCH3 is 1. The predicted octanol–water partition coefficient (Wildman–Crippen LogP) is 6.77. The number of nitrogens with zero attached hydrogens (tertiary/aromatic N) is 2. The summed E-state index contributed by atoms with van der Waals surface area (Å²) in [4.78, 5) is 33.2. The highest BCUT2D eigenvalue weighted by atomic mass is 35.5. The number of thiazole rings is 1.